The summed E-state index contributed by atoms with van der Waals surface area (Å²) in [6.45, 7) is 1.69. The molecule has 2 fully saturated rings. The highest BCUT2D eigenvalue weighted by molar-refractivity contribution is 5.82. The molecule has 2 rings (SSSR count). The van der Waals surface area contributed by atoms with E-state index in [4.69, 9.17) is 14.9 Å². The average molecular weight is 200 g/mol. The van der Waals surface area contributed by atoms with Crippen molar-refractivity contribution in [3.63, 3.8) is 0 Å². The predicted octanol–water partition coefficient (Wildman–Crippen LogP) is 0.339. The fourth-order valence-corrected chi connectivity index (χ4v) is 2.69. The summed E-state index contributed by atoms with van der Waals surface area (Å²) in [6, 6.07) is 0. The van der Waals surface area contributed by atoms with Crippen LogP contribution in [0.4, 0.5) is 0 Å². The van der Waals surface area contributed by atoms with Gasteiger partial charge in [-0.1, -0.05) is 0 Å². The quantitative estimate of drug-likeness (QED) is 0.671. The van der Waals surface area contributed by atoms with Gasteiger partial charge in [0, 0.05) is 0 Å². The number of carboxylic acid groups (broad SMARTS) is 2. The highest BCUT2D eigenvalue weighted by atomic mass is 16.5. The van der Waals surface area contributed by atoms with Crippen molar-refractivity contribution in [1.29, 1.82) is 0 Å². The van der Waals surface area contributed by atoms with E-state index in [0.717, 1.165) is 0 Å². The summed E-state index contributed by atoms with van der Waals surface area (Å²) in [5.41, 5.74) is -0.778. The molecule has 2 heterocycles. The zero-order valence-corrected chi connectivity index (χ0v) is 7.77. The van der Waals surface area contributed by atoms with E-state index in [-0.39, 0.29) is 0 Å². The van der Waals surface area contributed by atoms with Gasteiger partial charge in [-0.25, -0.2) is 0 Å². The number of ether oxygens (including phenoxy) is 1. The Hall–Kier alpha value is -1.10. The van der Waals surface area contributed by atoms with Crippen molar-refractivity contribution in [3.05, 3.63) is 0 Å². The summed E-state index contributed by atoms with van der Waals surface area (Å²) in [5.74, 6) is -3.92. The Kier molecular flexibility index (Phi) is 1.82. The Morgan fingerprint density at radius 2 is 2.00 bits per heavy atom. The fourth-order valence-electron chi connectivity index (χ4n) is 2.69. The smallest absolute Gasteiger partial charge is 0.310 e. The normalized spacial score (nSPS) is 45.4. The molecule has 2 aliphatic rings. The number of aliphatic carboxylic acids is 2. The maximum absolute atomic E-state index is 11.0. The monoisotopic (exact) mass is 200 g/mol. The van der Waals surface area contributed by atoms with Crippen molar-refractivity contribution in [3.8, 4) is 0 Å². The third-order valence-electron chi connectivity index (χ3n) is 3.31. The molecule has 0 aromatic heterocycles. The van der Waals surface area contributed by atoms with E-state index in [1.165, 1.54) is 0 Å². The first kappa shape index (κ1) is 9.45. The second-order valence-electron chi connectivity index (χ2n) is 4.19. The summed E-state index contributed by atoms with van der Waals surface area (Å²) in [5, 5.41) is 17.9. The maximum Gasteiger partial charge on any atom is 0.310 e. The third kappa shape index (κ3) is 1.05. The van der Waals surface area contributed by atoms with Crippen molar-refractivity contribution in [2.45, 2.75) is 31.5 Å². The summed E-state index contributed by atoms with van der Waals surface area (Å²) >= 11 is 0. The van der Waals surface area contributed by atoms with Crippen LogP contribution in [0.5, 0.6) is 0 Å². The second-order valence-corrected chi connectivity index (χ2v) is 4.19. The SMILES string of the molecule is C[C@@]12CC[C@H](O1)[C@H](C(=O)O)[C@@H]2C(=O)O. The third-order valence-corrected chi connectivity index (χ3v) is 3.31. The van der Waals surface area contributed by atoms with Gasteiger partial charge in [0.2, 0.25) is 0 Å². The van der Waals surface area contributed by atoms with Gasteiger partial charge in [-0.05, 0) is 19.8 Å². The summed E-state index contributed by atoms with van der Waals surface area (Å²) in [4.78, 5) is 21.9. The van der Waals surface area contributed by atoms with E-state index in [9.17, 15) is 9.59 Å². The van der Waals surface area contributed by atoms with Gasteiger partial charge < -0.3 is 14.9 Å². The Morgan fingerprint density at radius 1 is 1.36 bits per heavy atom. The molecule has 2 bridgehead atoms. The molecule has 5 heteroatoms. The lowest BCUT2D eigenvalue weighted by Gasteiger charge is -2.28. The van der Waals surface area contributed by atoms with Crippen LogP contribution < -0.4 is 0 Å². The van der Waals surface area contributed by atoms with Crippen LogP contribution in [-0.4, -0.2) is 33.9 Å². The summed E-state index contributed by atoms with van der Waals surface area (Å²) < 4.78 is 5.45. The Bertz CT molecular complexity index is 300. The molecule has 2 N–H and O–H groups in total. The average Bonchev–Trinajstić information content (AvgIpc) is 2.55. The number of carboxylic acids is 2. The van der Waals surface area contributed by atoms with Gasteiger partial charge in [-0.15, -0.1) is 0 Å². The number of rotatable bonds is 2. The molecule has 0 saturated carbocycles. The molecule has 0 aromatic carbocycles. The van der Waals surface area contributed by atoms with Gasteiger partial charge >= 0.3 is 11.9 Å². The van der Waals surface area contributed by atoms with E-state index in [1.807, 2.05) is 0 Å². The van der Waals surface area contributed by atoms with Gasteiger partial charge in [0.1, 0.15) is 5.92 Å². The lowest BCUT2D eigenvalue weighted by molar-refractivity contribution is -0.155. The molecule has 0 unspecified atom stereocenters. The molecule has 0 aliphatic carbocycles. The number of fused-ring (bicyclic) bond motifs is 2. The van der Waals surface area contributed by atoms with Gasteiger partial charge in [-0.2, -0.15) is 0 Å². The van der Waals surface area contributed by atoms with E-state index in [2.05, 4.69) is 0 Å². The first-order valence-corrected chi connectivity index (χ1v) is 4.59. The first-order valence-electron chi connectivity index (χ1n) is 4.59. The van der Waals surface area contributed by atoms with E-state index >= 15 is 0 Å². The van der Waals surface area contributed by atoms with Crippen LogP contribution in [-0.2, 0) is 14.3 Å². The largest absolute Gasteiger partial charge is 0.481 e. The molecule has 0 aromatic rings. The van der Waals surface area contributed by atoms with Gasteiger partial charge in [0.25, 0.3) is 0 Å². The molecule has 78 valence electrons. The second kappa shape index (κ2) is 2.70. The molecule has 2 saturated heterocycles. The number of hydrogen-bond acceptors (Lipinski definition) is 3. The fraction of sp³-hybridized carbons (Fsp3) is 0.778. The molecule has 0 radical (unpaired) electrons. The Labute approximate surface area is 80.7 Å². The van der Waals surface area contributed by atoms with Crippen LogP contribution in [0.3, 0.4) is 0 Å². The first-order chi connectivity index (χ1) is 6.46. The van der Waals surface area contributed by atoms with Gasteiger partial charge in [0.15, 0.2) is 0 Å². The highest BCUT2D eigenvalue weighted by Crippen LogP contribution is 2.51. The molecular formula is C9H12O5. The highest BCUT2D eigenvalue weighted by Gasteiger charge is 2.62. The standard InChI is InChI=1S/C9H12O5/c1-9-3-2-4(14-9)5(7(10)11)6(9)8(12)13/h4-6H,2-3H2,1H3,(H,10,11)(H,12,13)/t4-,5-,6+,9-/m0/s1. The Morgan fingerprint density at radius 3 is 2.43 bits per heavy atom. The van der Waals surface area contributed by atoms with Crippen LogP contribution in [0.2, 0.25) is 0 Å². The summed E-state index contributed by atoms with van der Waals surface area (Å²) in [6.07, 6.45) is 0.869. The number of carbonyl (C=O) groups is 2. The van der Waals surface area contributed by atoms with E-state index < -0.39 is 35.5 Å². The molecule has 0 amide bonds. The molecule has 4 atom stereocenters. The lowest BCUT2D eigenvalue weighted by Crippen LogP contribution is -2.43. The lowest BCUT2D eigenvalue weighted by atomic mass is 9.72. The zero-order chi connectivity index (χ0) is 10.5. The predicted molar refractivity (Wildman–Crippen MR) is 44.8 cm³/mol. The van der Waals surface area contributed by atoms with Crippen LogP contribution >= 0.6 is 0 Å². The van der Waals surface area contributed by atoms with Crippen LogP contribution in [0.25, 0.3) is 0 Å². The molecule has 2 aliphatic heterocycles. The maximum atomic E-state index is 11.0. The number of hydrogen-bond donors (Lipinski definition) is 2. The van der Waals surface area contributed by atoms with Crippen LogP contribution in [0, 0.1) is 11.8 Å². The molecule has 0 spiro atoms. The molecular weight excluding hydrogens is 188 g/mol. The van der Waals surface area contributed by atoms with Crippen LogP contribution in [0.1, 0.15) is 19.8 Å². The van der Waals surface area contributed by atoms with E-state index in [1.54, 1.807) is 6.92 Å². The van der Waals surface area contributed by atoms with E-state index in [0.29, 0.717) is 12.8 Å². The molecule has 5 nitrogen and oxygen atoms in total. The van der Waals surface area contributed by atoms with Gasteiger partial charge in [-0.3, -0.25) is 9.59 Å². The summed E-state index contributed by atoms with van der Waals surface area (Å²) in [7, 11) is 0. The van der Waals surface area contributed by atoms with Crippen molar-refractivity contribution >= 4 is 11.9 Å². The van der Waals surface area contributed by atoms with Crippen molar-refractivity contribution < 1.29 is 24.5 Å². The minimum absolute atomic E-state index is 0.418. The van der Waals surface area contributed by atoms with Crippen LogP contribution in [0.15, 0.2) is 0 Å². The molecule has 14 heavy (non-hydrogen) atoms. The topological polar surface area (TPSA) is 83.8 Å². The van der Waals surface area contributed by atoms with Crippen molar-refractivity contribution in [2.24, 2.45) is 11.8 Å². The van der Waals surface area contributed by atoms with Crippen molar-refractivity contribution in [2.75, 3.05) is 0 Å². The van der Waals surface area contributed by atoms with Crippen molar-refractivity contribution in [1.82, 2.24) is 0 Å². The van der Waals surface area contributed by atoms with Gasteiger partial charge in [0.05, 0.1) is 17.6 Å². The minimum atomic E-state index is -1.07. The Balaban J connectivity index is 2.35. The zero-order valence-electron chi connectivity index (χ0n) is 7.77. The minimum Gasteiger partial charge on any atom is -0.481 e.